The molecule has 0 saturated carbocycles. The van der Waals surface area contributed by atoms with Crippen molar-refractivity contribution in [2.24, 2.45) is 0 Å². The van der Waals surface area contributed by atoms with E-state index in [4.69, 9.17) is 15.2 Å². The number of carbonyl (C=O) groups excluding carboxylic acids is 2. The molecule has 3 atom stereocenters. The Kier molecular flexibility index (Phi) is 11.6. The maximum Gasteiger partial charge on any atom is 0.224 e. The quantitative estimate of drug-likeness (QED) is 0.144. The van der Waals surface area contributed by atoms with Crippen LogP contribution in [0.1, 0.15) is 54.8 Å². The van der Waals surface area contributed by atoms with Crippen LogP contribution in [0.4, 0.5) is 17.1 Å². The van der Waals surface area contributed by atoms with Crippen LogP contribution in [0, 0.1) is 0 Å². The number of nitrogen functional groups attached to an aromatic ring is 1. The summed E-state index contributed by atoms with van der Waals surface area (Å²) in [6, 6.07) is 22.1. The number of amides is 2. The van der Waals surface area contributed by atoms with Crippen molar-refractivity contribution in [1.29, 1.82) is 0 Å². The van der Waals surface area contributed by atoms with Crippen molar-refractivity contribution in [3.05, 3.63) is 89.5 Å². The monoisotopic (exact) mass is 579 g/mol. The first kappa shape index (κ1) is 30.5. The average Bonchev–Trinajstić information content (AvgIpc) is 2.98. The molecule has 0 aromatic heterocycles. The summed E-state index contributed by atoms with van der Waals surface area (Å²) in [5, 5.41) is 24.3. The fourth-order valence-electron chi connectivity index (χ4n) is 4.52. The molecule has 4 rings (SSSR count). The van der Waals surface area contributed by atoms with E-state index in [0.717, 1.165) is 16.7 Å². The highest BCUT2D eigenvalue weighted by Crippen LogP contribution is 2.39. The maximum absolute atomic E-state index is 12.6. The number of ether oxygens (including phenoxy) is 2. The van der Waals surface area contributed by atoms with Crippen molar-refractivity contribution in [3.63, 3.8) is 0 Å². The van der Waals surface area contributed by atoms with Gasteiger partial charge in [0.25, 0.3) is 0 Å². The summed E-state index contributed by atoms with van der Waals surface area (Å²) in [5.41, 5.74) is 10.1. The normalized spacial score (nSPS) is 18.5. The van der Waals surface area contributed by atoms with Gasteiger partial charge in [-0.05, 0) is 41.8 Å². The Morgan fingerprint density at radius 2 is 1.66 bits per heavy atom. The maximum atomic E-state index is 12.6. The predicted molar refractivity (Wildman–Crippen MR) is 161 cm³/mol. The zero-order chi connectivity index (χ0) is 29.0. The van der Waals surface area contributed by atoms with E-state index >= 15 is 0 Å². The van der Waals surface area contributed by atoms with Gasteiger partial charge in [0.15, 0.2) is 6.29 Å². The second-order valence-corrected chi connectivity index (χ2v) is 11.0. The topological polar surface area (TPSA) is 143 Å². The minimum absolute atomic E-state index is 0.0213. The summed E-state index contributed by atoms with van der Waals surface area (Å²) in [7, 11) is 0. The molecule has 9 nitrogen and oxygen atoms in total. The van der Waals surface area contributed by atoms with Gasteiger partial charge >= 0.3 is 0 Å². The van der Waals surface area contributed by atoms with Crippen molar-refractivity contribution in [2.45, 2.75) is 50.8 Å². The molecule has 3 unspecified atom stereocenters. The number of rotatable bonds is 13. The number of thioether (sulfide) groups is 1. The third-order valence-electron chi connectivity index (χ3n) is 6.64. The number of carbonyl (C=O) groups is 2. The molecule has 2 amide bonds. The van der Waals surface area contributed by atoms with Crippen molar-refractivity contribution in [3.8, 4) is 0 Å². The molecule has 0 spiro atoms. The lowest BCUT2D eigenvalue weighted by Crippen LogP contribution is -2.31. The Hall–Kier alpha value is -3.41. The Morgan fingerprint density at radius 1 is 0.902 bits per heavy atom. The highest BCUT2D eigenvalue weighted by molar-refractivity contribution is 7.99. The van der Waals surface area contributed by atoms with Crippen molar-refractivity contribution in [2.75, 3.05) is 34.5 Å². The molecule has 10 heteroatoms. The van der Waals surface area contributed by atoms with E-state index in [9.17, 15) is 19.8 Å². The van der Waals surface area contributed by atoms with E-state index in [0.29, 0.717) is 41.4 Å². The molecule has 218 valence electrons. The van der Waals surface area contributed by atoms with Gasteiger partial charge in [-0.25, -0.2) is 0 Å². The van der Waals surface area contributed by atoms with Crippen LogP contribution in [0.5, 0.6) is 0 Å². The van der Waals surface area contributed by atoms with Crippen LogP contribution >= 0.6 is 11.8 Å². The van der Waals surface area contributed by atoms with Crippen LogP contribution in [-0.4, -0.2) is 46.2 Å². The zero-order valence-corrected chi connectivity index (χ0v) is 23.6. The van der Waals surface area contributed by atoms with Crippen molar-refractivity contribution < 1.29 is 29.3 Å². The third kappa shape index (κ3) is 9.31. The van der Waals surface area contributed by atoms with Crippen LogP contribution in [0.3, 0.4) is 0 Å². The van der Waals surface area contributed by atoms with Crippen LogP contribution in [0.15, 0.2) is 72.8 Å². The summed E-state index contributed by atoms with van der Waals surface area (Å²) < 4.78 is 12.7. The number of aliphatic hydroxyl groups excluding tert-OH is 2. The standard InChI is InChI=1S/C31H37N3O6S/c32-26-7-1-2-8-27(26)34-30(38)10-4-9-29(37)33-24-6-3-5-23(17-24)31-39-25(20-41-16-15-35)18-28(40-31)22-13-11-21(19-36)12-14-22/h1-3,5-8,11-14,17,25,28,31,35-36H,4,9-10,15-16,18-20,32H2,(H,33,37)(H,34,38). The molecular formula is C31H37N3O6S. The van der Waals surface area contributed by atoms with E-state index in [-0.39, 0.29) is 50.1 Å². The van der Waals surface area contributed by atoms with Crippen molar-refractivity contribution in [1.82, 2.24) is 0 Å². The first-order valence-corrected chi connectivity index (χ1v) is 14.8. The van der Waals surface area contributed by atoms with Gasteiger partial charge in [0, 0.05) is 42.0 Å². The zero-order valence-electron chi connectivity index (χ0n) is 22.8. The fraction of sp³-hybridized carbons (Fsp3) is 0.355. The molecular weight excluding hydrogens is 542 g/mol. The number of nitrogens with two attached hydrogens (primary N) is 1. The smallest absolute Gasteiger partial charge is 0.224 e. The number of hydrogen-bond donors (Lipinski definition) is 5. The number of benzene rings is 3. The molecule has 41 heavy (non-hydrogen) atoms. The lowest BCUT2D eigenvalue weighted by molar-refractivity contribution is -0.245. The van der Waals surface area contributed by atoms with E-state index in [2.05, 4.69) is 10.6 Å². The molecule has 1 aliphatic heterocycles. The van der Waals surface area contributed by atoms with Gasteiger partial charge in [-0.2, -0.15) is 11.8 Å². The molecule has 0 radical (unpaired) electrons. The molecule has 0 aliphatic carbocycles. The minimum Gasteiger partial charge on any atom is -0.397 e. The van der Waals surface area contributed by atoms with Crippen LogP contribution in [-0.2, 0) is 25.7 Å². The molecule has 6 N–H and O–H groups in total. The molecule has 1 aliphatic rings. The van der Waals surface area contributed by atoms with Gasteiger partial charge in [0.2, 0.25) is 11.8 Å². The van der Waals surface area contributed by atoms with Crippen LogP contribution in [0.2, 0.25) is 0 Å². The largest absolute Gasteiger partial charge is 0.397 e. The first-order chi connectivity index (χ1) is 19.9. The summed E-state index contributed by atoms with van der Waals surface area (Å²) in [6.07, 6.45) is 0.491. The molecule has 3 aromatic rings. The minimum atomic E-state index is -0.642. The van der Waals surface area contributed by atoms with Crippen molar-refractivity contribution >= 4 is 40.6 Å². The predicted octanol–water partition coefficient (Wildman–Crippen LogP) is 4.78. The van der Waals surface area contributed by atoms with Crippen LogP contribution < -0.4 is 16.4 Å². The van der Waals surface area contributed by atoms with Gasteiger partial charge in [-0.1, -0.05) is 48.5 Å². The molecule has 1 saturated heterocycles. The molecule has 1 fully saturated rings. The number of anilines is 3. The molecule has 3 aromatic carbocycles. The second-order valence-electron chi connectivity index (χ2n) is 9.81. The van der Waals surface area contributed by atoms with E-state index in [1.165, 1.54) is 0 Å². The lowest BCUT2D eigenvalue weighted by Gasteiger charge is -2.36. The van der Waals surface area contributed by atoms with Gasteiger partial charge in [0.1, 0.15) is 0 Å². The van der Waals surface area contributed by atoms with E-state index in [1.807, 2.05) is 42.5 Å². The molecule has 0 bridgehead atoms. The number of aliphatic hydroxyl groups is 2. The summed E-state index contributed by atoms with van der Waals surface area (Å²) in [5.74, 6) is 0.952. The summed E-state index contributed by atoms with van der Waals surface area (Å²) >= 11 is 1.63. The first-order valence-electron chi connectivity index (χ1n) is 13.7. The van der Waals surface area contributed by atoms with E-state index < -0.39 is 6.29 Å². The highest BCUT2D eigenvalue weighted by Gasteiger charge is 2.32. The number of nitrogens with one attached hydrogen (secondary N) is 2. The lowest BCUT2D eigenvalue weighted by atomic mass is 10.0. The summed E-state index contributed by atoms with van der Waals surface area (Å²) in [6.45, 7) is 0.0872. The van der Waals surface area contributed by atoms with Gasteiger partial charge in [-0.3, -0.25) is 9.59 Å². The SMILES string of the molecule is Nc1ccccc1NC(=O)CCCC(=O)Nc1cccc(C2OC(CSCCO)CC(c3ccc(CO)cc3)O2)c1. The van der Waals surface area contributed by atoms with Gasteiger partial charge in [-0.15, -0.1) is 0 Å². The third-order valence-corrected chi connectivity index (χ3v) is 7.72. The highest BCUT2D eigenvalue weighted by atomic mass is 32.2. The number of para-hydroxylation sites is 2. The Bertz CT molecular complexity index is 1290. The van der Waals surface area contributed by atoms with Gasteiger partial charge in [0.05, 0.1) is 36.8 Å². The Balaban J connectivity index is 1.34. The van der Waals surface area contributed by atoms with Crippen LogP contribution in [0.25, 0.3) is 0 Å². The molecule has 1 heterocycles. The average molecular weight is 580 g/mol. The summed E-state index contributed by atoms with van der Waals surface area (Å²) in [4.78, 5) is 24.9. The van der Waals surface area contributed by atoms with Gasteiger partial charge < -0.3 is 36.1 Å². The Morgan fingerprint density at radius 3 is 2.39 bits per heavy atom. The Labute approximate surface area is 244 Å². The fourth-order valence-corrected chi connectivity index (χ4v) is 5.29. The van der Waals surface area contributed by atoms with E-state index in [1.54, 1.807) is 42.1 Å². The number of hydrogen-bond acceptors (Lipinski definition) is 8. The second kappa shape index (κ2) is 15.6.